The third kappa shape index (κ3) is 6.00. The van der Waals surface area contributed by atoms with E-state index < -0.39 is 0 Å². The number of hydrazone groups is 1. The number of piperidine rings is 1. The van der Waals surface area contributed by atoms with Crippen LogP contribution in [-0.2, 0) is 11.3 Å². The molecule has 1 aromatic heterocycles. The molecule has 0 saturated carbocycles. The molecule has 1 amide bonds. The number of hydrogen-bond donors (Lipinski definition) is 1. The molecule has 1 aliphatic rings. The predicted molar refractivity (Wildman–Crippen MR) is 109 cm³/mol. The van der Waals surface area contributed by atoms with E-state index in [2.05, 4.69) is 52.4 Å². The minimum atomic E-state index is -0.269. The monoisotopic (exact) mass is 495 g/mol. The molecule has 1 N–H and O–H groups in total. The van der Waals surface area contributed by atoms with Crippen molar-refractivity contribution in [3.63, 3.8) is 0 Å². The third-order valence-corrected chi connectivity index (χ3v) is 5.12. The molecule has 0 bridgehead atoms. The predicted octanol–water partition coefficient (Wildman–Crippen LogP) is 3.73. The number of carbonyl (C=O) groups excluding carboxylic acids is 1. The van der Waals surface area contributed by atoms with Crippen LogP contribution < -0.4 is 5.43 Å². The fraction of sp³-hybridized carbons (Fsp3) is 0.333. The Kier molecular flexibility index (Phi) is 7.17. The van der Waals surface area contributed by atoms with E-state index in [4.69, 9.17) is 4.74 Å². The number of nitrogens with one attached hydrogen (secondary N) is 1. The second-order valence-corrected chi connectivity index (χ2v) is 7.62. The van der Waals surface area contributed by atoms with Crippen molar-refractivity contribution in [3.8, 4) is 0 Å². The smallest absolute Gasteiger partial charge is 0.410 e. The summed E-state index contributed by atoms with van der Waals surface area (Å²) in [7, 11) is 0. The van der Waals surface area contributed by atoms with Gasteiger partial charge < -0.3 is 15.1 Å². The average molecular weight is 497 g/mol. The summed E-state index contributed by atoms with van der Waals surface area (Å²) < 4.78 is 6.66. The Hall–Kier alpha value is -2.00. The molecule has 0 atom stereocenters. The lowest BCUT2D eigenvalue weighted by molar-refractivity contribution is 0.0854. The van der Waals surface area contributed by atoms with Gasteiger partial charge in [0, 0.05) is 19.1 Å². The van der Waals surface area contributed by atoms with Crippen molar-refractivity contribution in [1.29, 1.82) is 0 Å². The molecule has 1 aliphatic heterocycles. The minimum absolute atomic E-state index is 0.207. The van der Waals surface area contributed by atoms with Gasteiger partial charge in [-0.2, -0.15) is 5.10 Å². The summed E-state index contributed by atoms with van der Waals surface area (Å²) in [4.78, 5) is 22.3. The van der Waals surface area contributed by atoms with Gasteiger partial charge in [0.15, 0.2) is 0 Å². The Labute approximate surface area is 174 Å². The van der Waals surface area contributed by atoms with E-state index >= 15 is 0 Å². The van der Waals surface area contributed by atoms with Crippen molar-refractivity contribution in [2.24, 2.45) is 5.10 Å². The molecule has 7 nitrogen and oxygen atoms in total. The number of benzene rings is 1. The summed E-state index contributed by atoms with van der Waals surface area (Å²) >= 11 is 6.63. The van der Waals surface area contributed by atoms with E-state index in [9.17, 15) is 4.79 Å². The van der Waals surface area contributed by atoms with E-state index in [1.807, 2.05) is 30.3 Å². The first kappa shape index (κ1) is 19.8. The number of ether oxygens (including phenoxy) is 1. The molecule has 142 valence electrons. The number of amides is 1. The molecule has 2 heterocycles. The topological polar surface area (TPSA) is 79.7 Å². The fourth-order valence-electron chi connectivity index (χ4n) is 2.65. The highest BCUT2D eigenvalue weighted by Crippen LogP contribution is 2.14. The first-order chi connectivity index (χ1) is 13.1. The van der Waals surface area contributed by atoms with Crippen LogP contribution in [0.25, 0.3) is 0 Å². The molecular formula is C18H19Br2N5O2. The van der Waals surface area contributed by atoms with Crippen LogP contribution in [0, 0.1) is 0 Å². The lowest BCUT2D eigenvalue weighted by Gasteiger charge is -2.30. The molecule has 0 spiro atoms. The Morgan fingerprint density at radius 3 is 2.78 bits per heavy atom. The van der Waals surface area contributed by atoms with E-state index in [1.165, 1.54) is 0 Å². The van der Waals surface area contributed by atoms with Crippen LogP contribution in [0.15, 0.2) is 50.8 Å². The van der Waals surface area contributed by atoms with Gasteiger partial charge in [-0.15, -0.1) is 0 Å². The number of carbonyl (C=O) groups is 1. The summed E-state index contributed by atoms with van der Waals surface area (Å²) in [5.41, 5.74) is 4.74. The zero-order valence-corrected chi connectivity index (χ0v) is 17.7. The number of hydrogen-bond acceptors (Lipinski definition) is 6. The highest BCUT2D eigenvalue weighted by atomic mass is 79.9. The molecule has 0 radical (unpaired) electrons. The average Bonchev–Trinajstić information content (AvgIpc) is 2.70. The van der Waals surface area contributed by atoms with Crippen LogP contribution in [0.2, 0.25) is 0 Å². The highest BCUT2D eigenvalue weighted by Gasteiger charge is 2.23. The highest BCUT2D eigenvalue weighted by molar-refractivity contribution is 9.10. The van der Waals surface area contributed by atoms with Crippen LogP contribution in [0.5, 0.6) is 0 Å². The second-order valence-electron chi connectivity index (χ2n) is 6.06. The maximum atomic E-state index is 12.2. The lowest BCUT2D eigenvalue weighted by Crippen LogP contribution is -2.43. The Balaban J connectivity index is 1.41. The van der Waals surface area contributed by atoms with Gasteiger partial charge in [-0.1, -0.05) is 30.3 Å². The van der Waals surface area contributed by atoms with Crippen molar-refractivity contribution in [1.82, 2.24) is 20.3 Å². The minimum Gasteiger partial charge on any atom is -0.445 e. The van der Waals surface area contributed by atoms with Gasteiger partial charge in [-0.3, -0.25) is 0 Å². The van der Waals surface area contributed by atoms with Gasteiger partial charge in [-0.05, 0) is 50.3 Å². The fourth-order valence-corrected chi connectivity index (χ4v) is 3.24. The first-order valence-corrected chi connectivity index (χ1v) is 10.1. The van der Waals surface area contributed by atoms with E-state index in [0.717, 1.165) is 18.4 Å². The molecule has 27 heavy (non-hydrogen) atoms. The molecule has 1 aromatic carbocycles. The first-order valence-electron chi connectivity index (χ1n) is 8.54. The molecule has 0 aliphatic carbocycles. The summed E-state index contributed by atoms with van der Waals surface area (Å²) in [5.74, 6) is 0. The summed E-state index contributed by atoms with van der Waals surface area (Å²) in [6.45, 7) is 1.58. The molecule has 0 unspecified atom stereocenters. The quantitative estimate of drug-likeness (QED) is 0.504. The molecular weight excluding hydrogens is 478 g/mol. The van der Waals surface area contributed by atoms with Crippen LogP contribution >= 0.6 is 31.9 Å². The van der Waals surface area contributed by atoms with Gasteiger partial charge in [0.05, 0.1) is 12.4 Å². The Morgan fingerprint density at radius 1 is 1.30 bits per heavy atom. The van der Waals surface area contributed by atoms with Gasteiger partial charge in [0.1, 0.15) is 21.5 Å². The van der Waals surface area contributed by atoms with Gasteiger partial charge in [0.25, 0.3) is 0 Å². The van der Waals surface area contributed by atoms with Crippen LogP contribution in [0.1, 0.15) is 24.1 Å². The largest absolute Gasteiger partial charge is 0.445 e. The van der Waals surface area contributed by atoms with Crippen LogP contribution in [0.3, 0.4) is 0 Å². The normalized spacial score (nSPS) is 15.1. The van der Waals surface area contributed by atoms with Crippen LogP contribution in [0.4, 0.5) is 4.79 Å². The van der Waals surface area contributed by atoms with Crippen molar-refractivity contribution in [2.75, 3.05) is 13.1 Å². The Morgan fingerprint density at radius 2 is 2.04 bits per heavy atom. The number of likely N-dealkylation sites (tertiary alicyclic amines) is 1. The van der Waals surface area contributed by atoms with E-state index in [-0.39, 0.29) is 12.1 Å². The molecule has 1 fully saturated rings. The van der Waals surface area contributed by atoms with Crippen molar-refractivity contribution >= 4 is 44.2 Å². The zero-order chi connectivity index (χ0) is 19.1. The molecule has 9 heteroatoms. The zero-order valence-electron chi connectivity index (χ0n) is 14.5. The van der Waals surface area contributed by atoms with Crippen LogP contribution in [-0.4, -0.2) is 46.3 Å². The summed E-state index contributed by atoms with van der Waals surface area (Å²) in [5, 5.41) is 4.25. The van der Waals surface area contributed by atoms with Gasteiger partial charge in [-0.25, -0.2) is 14.8 Å². The maximum absolute atomic E-state index is 12.2. The van der Waals surface area contributed by atoms with E-state index in [1.54, 1.807) is 17.3 Å². The maximum Gasteiger partial charge on any atom is 0.410 e. The SMILES string of the molecule is O=C(OCc1ccccc1)N1CCC(N/N=C/c2nc(Br)cnc2Br)CC1. The number of nitrogens with zero attached hydrogens (tertiary/aromatic N) is 4. The molecule has 1 saturated heterocycles. The summed E-state index contributed by atoms with van der Waals surface area (Å²) in [6, 6.07) is 9.88. The molecule has 2 aromatic rings. The molecule has 3 rings (SSSR count). The second kappa shape index (κ2) is 9.80. The third-order valence-electron chi connectivity index (χ3n) is 4.13. The number of halogens is 2. The standard InChI is InChI=1S/C18H19Br2N5O2/c19-16-11-21-17(20)15(23-16)10-22-24-14-6-8-25(9-7-14)18(26)27-12-13-4-2-1-3-5-13/h1-5,10-11,14,24H,6-9,12H2/b22-10+. The van der Waals surface area contributed by atoms with Crippen molar-refractivity contribution < 1.29 is 9.53 Å². The van der Waals surface area contributed by atoms with Crippen molar-refractivity contribution in [2.45, 2.75) is 25.5 Å². The number of aromatic nitrogens is 2. The van der Waals surface area contributed by atoms with Crippen molar-refractivity contribution in [3.05, 3.63) is 57.0 Å². The van der Waals surface area contributed by atoms with Gasteiger partial charge >= 0.3 is 6.09 Å². The van der Waals surface area contributed by atoms with Gasteiger partial charge in [0.2, 0.25) is 0 Å². The Bertz CT molecular complexity index is 796. The van der Waals surface area contributed by atoms with E-state index in [0.29, 0.717) is 34.6 Å². The number of rotatable bonds is 5. The summed E-state index contributed by atoms with van der Waals surface area (Å²) in [6.07, 6.45) is 4.59. The lowest BCUT2D eigenvalue weighted by atomic mass is 10.1.